The Morgan fingerprint density at radius 1 is 1.00 bits per heavy atom. The van der Waals surface area contributed by atoms with Crippen LogP contribution in [0, 0.1) is 12.8 Å². The molecular formula is C28H24N6OS. The number of hydrogen-bond donors (Lipinski definition) is 3. The standard InChI is InChI=1S/C28H24N6OS/c1-15(2)28(35)31-19-10-18(13-29-14-19)17-5-6-23-22(11-17)26(34-33-23)24-12-21-20(8-9-30-27(21)32-24)25-7-4-16(3)36-25/h4-15H,1-3H3,(H,30,32)(H,31,35)(H,33,34). The van der Waals surface area contributed by atoms with Crippen LogP contribution in [0.4, 0.5) is 5.69 Å². The van der Waals surface area contributed by atoms with Gasteiger partial charge in [0.2, 0.25) is 5.91 Å². The maximum atomic E-state index is 12.1. The van der Waals surface area contributed by atoms with Crippen molar-refractivity contribution < 1.29 is 4.79 Å². The average molecular weight is 493 g/mol. The molecule has 0 spiro atoms. The molecule has 1 aromatic carbocycles. The van der Waals surface area contributed by atoms with Gasteiger partial charge in [0, 0.05) is 50.0 Å². The van der Waals surface area contributed by atoms with Crippen molar-refractivity contribution in [2.45, 2.75) is 20.8 Å². The molecule has 0 aliphatic carbocycles. The minimum Gasteiger partial charge on any atom is -0.338 e. The van der Waals surface area contributed by atoms with Crippen molar-refractivity contribution in [3.63, 3.8) is 0 Å². The Balaban J connectivity index is 1.41. The second-order valence-corrected chi connectivity index (χ2v) is 10.4. The van der Waals surface area contributed by atoms with Gasteiger partial charge >= 0.3 is 0 Å². The van der Waals surface area contributed by atoms with Gasteiger partial charge in [0.05, 0.1) is 23.1 Å². The molecule has 7 nitrogen and oxygen atoms in total. The van der Waals surface area contributed by atoms with Gasteiger partial charge in [-0.05, 0) is 55.0 Å². The largest absolute Gasteiger partial charge is 0.338 e. The summed E-state index contributed by atoms with van der Waals surface area (Å²) in [5.74, 6) is -0.139. The maximum absolute atomic E-state index is 12.1. The summed E-state index contributed by atoms with van der Waals surface area (Å²) in [4.78, 5) is 27.0. The first-order valence-corrected chi connectivity index (χ1v) is 12.6. The molecule has 0 bridgehead atoms. The summed E-state index contributed by atoms with van der Waals surface area (Å²) >= 11 is 1.78. The first-order chi connectivity index (χ1) is 17.5. The molecule has 0 saturated carbocycles. The van der Waals surface area contributed by atoms with E-state index in [1.54, 1.807) is 23.7 Å². The number of hydrogen-bond acceptors (Lipinski definition) is 5. The number of rotatable bonds is 5. The molecule has 5 aromatic heterocycles. The van der Waals surface area contributed by atoms with E-state index >= 15 is 0 Å². The third-order valence-electron chi connectivity index (χ3n) is 6.22. The lowest BCUT2D eigenvalue weighted by Gasteiger charge is -2.09. The van der Waals surface area contributed by atoms with Crippen molar-refractivity contribution in [3.05, 3.63) is 72.0 Å². The van der Waals surface area contributed by atoms with Gasteiger partial charge < -0.3 is 10.3 Å². The molecule has 6 aromatic rings. The predicted octanol–water partition coefficient (Wildman–Crippen LogP) is 6.80. The number of aryl methyl sites for hydroxylation is 1. The molecule has 178 valence electrons. The summed E-state index contributed by atoms with van der Waals surface area (Å²) in [6.07, 6.45) is 5.30. The predicted molar refractivity (Wildman–Crippen MR) is 146 cm³/mol. The van der Waals surface area contributed by atoms with Crippen LogP contribution in [0.3, 0.4) is 0 Å². The van der Waals surface area contributed by atoms with E-state index in [0.717, 1.165) is 50.0 Å². The molecule has 0 aliphatic heterocycles. The van der Waals surface area contributed by atoms with Crippen LogP contribution in [-0.2, 0) is 4.79 Å². The van der Waals surface area contributed by atoms with Crippen LogP contribution in [0.15, 0.2) is 67.1 Å². The second kappa shape index (κ2) is 8.73. The number of nitrogens with one attached hydrogen (secondary N) is 3. The molecule has 0 unspecified atom stereocenters. The molecule has 8 heteroatoms. The van der Waals surface area contributed by atoms with Crippen molar-refractivity contribution in [2.24, 2.45) is 5.92 Å². The molecule has 1 amide bonds. The molecule has 0 radical (unpaired) electrons. The topological polar surface area (TPSA) is 99.3 Å². The van der Waals surface area contributed by atoms with Gasteiger partial charge in [0.25, 0.3) is 0 Å². The SMILES string of the molecule is Cc1ccc(-c2ccnc3[nH]c(-c4n[nH]c5ccc(-c6cncc(NC(=O)C(C)C)c6)cc45)cc23)s1. The van der Waals surface area contributed by atoms with E-state index in [1.165, 1.54) is 9.75 Å². The Bertz CT molecular complexity index is 1740. The van der Waals surface area contributed by atoms with Crippen LogP contribution < -0.4 is 5.32 Å². The minimum absolute atomic E-state index is 0.0361. The number of anilines is 1. The number of pyridine rings is 2. The van der Waals surface area contributed by atoms with E-state index in [4.69, 9.17) is 0 Å². The number of carbonyl (C=O) groups is 1. The Kier molecular flexibility index (Phi) is 5.38. The first kappa shape index (κ1) is 22.2. The molecule has 6 rings (SSSR count). The quantitative estimate of drug-likeness (QED) is 0.246. The average Bonchev–Trinajstić information content (AvgIpc) is 3.61. The lowest BCUT2D eigenvalue weighted by molar-refractivity contribution is -0.118. The van der Waals surface area contributed by atoms with Gasteiger partial charge in [0.15, 0.2) is 0 Å². The van der Waals surface area contributed by atoms with E-state index in [0.29, 0.717) is 5.69 Å². The van der Waals surface area contributed by atoms with Gasteiger partial charge in [-0.15, -0.1) is 11.3 Å². The lowest BCUT2D eigenvalue weighted by atomic mass is 10.0. The van der Waals surface area contributed by atoms with Crippen LogP contribution in [0.1, 0.15) is 18.7 Å². The number of nitrogens with zero attached hydrogens (tertiary/aromatic N) is 3. The van der Waals surface area contributed by atoms with Gasteiger partial charge in [-0.2, -0.15) is 5.10 Å². The minimum atomic E-state index is -0.103. The third kappa shape index (κ3) is 3.95. The molecule has 0 atom stereocenters. The van der Waals surface area contributed by atoms with Gasteiger partial charge in [-0.25, -0.2) is 4.98 Å². The normalized spacial score (nSPS) is 11.6. The number of H-pyrrole nitrogens is 2. The summed E-state index contributed by atoms with van der Waals surface area (Å²) in [5, 5.41) is 12.8. The van der Waals surface area contributed by atoms with Gasteiger partial charge in [-0.3, -0.25) is 14.9 Å². The fourth-order valence-corrected chi connectivity index (χ4v) is 5.21. The number of aromatic amines is 2. The van der Waals surface area contributed by atoms with Gasteiger partial charge in [-0.1, -0.05) is 19.9 Å². The second-order valence-electron chi connectivity index (χ2n) is 9.15. The van der Waals surface area contributed by atoms with Crippen molar-refractivity contribution in [3.8, 4) is 33.0 Å². The summed E-state index contributed by atoms with van der Waals surface area (Å²) in [6.45, 7) is 5.85. The number of aromatic nitrogens is 5. The highest BCUT2D eigenvalue weighted by molar-refractivity contribution is 7.15. The zero-order valence-electron chi connectivity index (χ0n) is 20.1. The molecule has 0 aliphatic rings. The summed E-state index contributed by atoms with van der Waals surface area (Å²) in [7, 11) is 0. The smallest absolute Gasteiger partial charge is 0.226 e. The van der Waals surface area contributed by atoms with Crippen molar-refractivity contribution in [1.82, 2.24) is 25.1 Å². The third-order valence-corrected chi connectivity index (χ3v) is 7.25. The van der Waals surface area contributed by atoms with E-state index < -0.39 is 0 Å². The summed E-state index contributed by atoms with van der Waals surface area (Å²) in [5.41, 5.74) is 7.24. The number of amides is 1. The fourth-order valence-electron chi connectivity index (χ4n) is 4.30. The first-order valence-electron chi connectivity index (χ1n) is 11.8. The molecular weight excluding hydrogens is 468 g/mol. The molecule has 0 saturated heterocycles. The van der Waals surface area contributed by atoms with Crippen LogP contribution in [0.25, 0.3) is 54.9 Å². The Morgan fingerprint density at radius 2 is 1.89 bits per heavy atom. The maximum Gasteiger partial charge on any atom is 0.226 e. The highest BCUT2D eigenvalue weighted by Gasteiger charge is 2.16. The van der Waals surface area contributed by atoms with E-state index in [1.807, 2.05) is 38.2 Å². The number of thiophene rings is 1. The summed E-state index contributed by atoms with van der Waals surface area (Å²) in [6, 6.07) is 16.6. The zero-order valence-corrected chi connectivity index (χ0v) is 20.9. The fraction of sp³-hybridized carbons (Fsp3) is 0.143. The Morgan fingerprint density at radius 3 is 2.69 bits per heavy atom. The number of carbonyl (C=O) groups excluding carboxylic acids is 1. The Labute approximate surface area is 211 Å². The number of fused-ring (bicyclic) bond motifs is 2. The Hall–Kier alpha value is -4.30. The molecule has 5 heterocycles. The molecule has 3 N–H and O–H groups in total. The van der Waals surface area contributed by atoms with Crippen LogP contribution in [0.2, 0.25) is 0 Å². The molecule has 36 heavy (non-hydrogen) atoms. The lowest BCUT2D eigenvalue weighted by Crippen LogP contribution is -2.17. The van der Waals surface area contributed by atoms with Crippen molar-refractivity contribution >= 4 is 44.9 Å². The van der Waals surface area contributed by atoms with Crippen LogP contribution in [-0.4, -0.2) is 31.1 Å². The van der Waals surface area contributed by atoms with Crippen molar-refractivity contribution in [1.29, 1.82) is 0 Å². The van der Waals surface area contributed by atoms with E-state index in [-0.39, 0.29) is 11.8 Å². The van der Waals surface area contributed by atoms with E-state index in [2.05, 4.69) is 67.7 Å². The highest BCUT2D eigenvalue weighted by atomic mass is 32.1. The summed E-state index contributed by atoms with van der Waals surface area (Å²) < 4.78 is 0. The highest BCUT2D eigenvalue weighted by Crippen LogP contribution is 2.36. The van der Waals surface area contributed by atoms with Crippen molar-refractivity contribution in [2.75, 3.05) is 5.32 Å². The van der Waals surface area contributed by atoms with Gasteiger partial charge in [0.1, 0.15) is 11.3 Å². The number of benzene rings is 1. The van der Waals surface area contributed by atoms with E-state index in [9.17, 15) is 4.79 Å². The van der Waals surface area contributed by atoms with Crippen LogP contribution >= 0.6 is 11.3 Å². The zero-order chi connectivity index (χ0) is 24.8. The molecule has 0 fully saturated rings. The van der Waals surface area contributed by atoms with Crippen LogP contribution in [0.5, 0.6) is 0 Å². The monoisotopic (exact) mass is 492 g/mol.